The molecule has 0 saturated carbocycles. The van der Waals surface area contributed by atoms with Gasteiger partial charge in [-0.2, -0.15) is 0 Å². The van der Waals surface area contributed by atoms with Crippen LogP contribution in [-0.2, 0) is 11.3 Å². The lowest BCUT2D eigenvalue weighted by atomic mass is 9.81. The highest BCUT2D eigenvalue weighted by molar-refractivity contribution is 7.16. The molecule has 4 heteroatoms. The van der Waals surface area contributed by atoms with Gasteiger partial charge in [-0.25, -0.2) is 0 Å². The average Bonchev–Trinajstić information content (AvgIpc) is 2.87. The Morgan fingerprint density at radius 2 is 2.14 bits per heavy atom. The van der Waals surface area contributed by atoms with Crippen LogP contribution in [0.5, 0.6) is 0 Å². The van der Waals surface area contributed by atoms with Crippen LogP contribution in [0.25, 0.3) is 0 Å². The van der Waals surface area contributed by atoms with Gasteiger partial charge < -0.3 is 4.90 Å². The van der Waals surface area contributed by atoms with Crippen molar-refractivity contribution >= 4 is 28.8 Å². The first-order valence-electron chi connectivity index (χ1n) is 7.29. The number of carbonyl (C=O) groups excluding carboxylic acids is 1. The Hall–Kier alpha value is -1.58. The molecular weight excluding hydrogens is 314 g/mol. The monoisotopic (exact) mass is 331 g/mol. The number of aryl methyl sites for hydroxylation is 1. The molecule has 114 valence electrons. The molecule has 1 aliphatic rings. The maximum atomic E-state index is 12.2. The van der Waals surface area contributed by atoms with Crippen LogP contribution in [-0.4, -0.2) is 16.8 Å². The Kier molecular flexibility index (Phi) is 4.11. The molecule has 0 saturated heterocycles. The standard InChI is InChI=1S/C18H18ClNOS/c1-4-17(21)20-10-15-14(9-16(19)22-15)18(12(20)3)13-8-6-5-7-11(13)2/h4-9,12,18H,1,10H2,2-3H3/t12-,18+/m1/s1. The van der Waals surface area contributed by atoms with E-state index in [-0.39, 0.29) is 17.9 Å². The van der Waals surface area contributed by atoms with Gasteiger partial charge in [0.05, 0.1) is 10.9 Å². The minimum atomic E-state index is -0.0266. The Morgan fingerprint density at radius 3 is 2.82 bits per heavy atom. The van der Waals surface area contributed by atoms with E-state index in [1.54, 1.807) is 11.3 Å². The zero-order valence-electron chi connectivity index (χ0n) is 12.7. The summed E-state index contributed by atoms with van der Waals surface area (Å²) in [6.07, 6.45) is 1.39. The van der Waals surface area contributed by atoms with Crippen LogP contribution in [0.1, 0.15) is 34.4 Å². The first-order valence-corrected chi connectivity index (χ1v) is 8.49. The molecule has 2 nitrogen and oxygen atoms in total. The molecule has 2 heterocycles. The molecule has 1 aromatic carbocycles. The van der Waals surface area contributed by atoms with Crippen molar-refractivity contribution in [3.05, 3.63) is 68.9 Å². The molecule has 1 amide bonds. The van der Waals surface area contributed by atoms with Gasteiger partial charge >= 0.3 is 0 Å². The van der Waals surface area contributed by atoms with Gasteiger partial charge in [-0.3, -0.25) is 4.79 Å². The van der Waals surface area contributed by atoms with Gasteiger partial charge in [0.2, 0.25) is 5.91 Å². The molecule has 0 N–H and O–H groups in total. The highest BCUT2D eigenvalue weighted by atomic mass is 35.5. The molecule has 1 aliphatic heterocycles. The Balaban J connectivity index is 2.15. The summed E-state index contributed by atoms with van der Waals surface area (Å²) in [5.74, 6) is 0.124. The molecule has 0 radical (unpaired) electrons. The maximum absolute atomic E-state index is 12.2. The van der Waals surface area contributed by atoms with E-state index in [1.807, 2.05) is 11.0 Å². The second-order valence-electron chi connectivity index (χ2n) is 5.67. The fourth-order valence-corrected chi connectivity index (χ4v) is 4.62. The maximum Gasteiger partial charge on any atom is 0.246 e. The fraction of sp³-hybridized carbons (Fsp3) is 0.278. The quantitative estimate of drug-likeness (QED) is 0.727. The van der Waals surface area contributed by atoms with Crippen LogP contribution in [0, 0.1) is 6.92 Å². The lowest BCUT2D eigenvalue weighted by Crippen LogP contribution is -2.44. The van der Waals surface area contributed by atoms with Gasteiger partial charge in [-0.15, -0.1) is 11.3 Å². The largest absolute Gasteiger partial charge is 0.330 e. The smallest absolute Gasteiger partial charge is 0.246 e. The molecule has 22 heavy (non-hydrogen) atoms. The number of rotatable bonds is 2. The second-order valence-corrected chi connectivity index (χ2v) is 7.44. The van der Waals surface area contributed by atoms with Crippen LogP contribution < -0.4 is 0 Å². The van der Waals surface area contributed by atoms with E-state index in [4.69, 9.17) is 11.6 Å². The lowest BCUT2D eigenvalue weighted by Gasteiger charge is -2.39. The van der Waals surface area contributed by atoms with E-state index in [1.165, 1.54) is 27.6 Å². The summed E-state index contributed by atoms with van der Waals surface area (Å²) in [6, 6.07) is 10.5. The van der Waals surface area contributed by atoms with Crippen LogP contribution in [0.2, 0.25) is 4.34 Å². The summed E-state index contributed by atoms with van der Waals surface area (Å²) < 4.78 is 0.781. The van der Waals surface area contributed by atoms with E-state index in [0.29, 0.717) is 6.54 Å². The molecule has 2 atom stereocenters. The second kappa shape index (κ2) is 5.90. The molecular formula is C18H18ClNOS. The van der Waals surface area contributed by atoms with Crippen molar-refractivity contribution in [2.24, 2.45) is 0 Å². The summed E-state index contributed by atoms with van der Waals surface area (Å²) in [5.41, 5.74) is 3.75. The van der Waals surface area contributed by atoms with Gasteiger partial charge in [0.1, 0.15) is 0 Å². The summed E-state index contributed by atoms with van der Waals surface area (Å²) >= 11 is 7.81. The van der Waals surface area contributed by atoms with Crippen LogP contribution >= 0.6 is 22.9 Å². The number of fused-ring (bicyclic) bond motifs is 1. The van der Waals surface area contributed by atoms with Gasteiger partial charge in [0.25, 0.3) is 0 Å². The zero-order valence-corrected chi connectivity index (χ0v) is 14.2. The van der Waals surface area contributed by atoms with Crippen molar-refractivity contribution in [1.82, 2.24) is 4.90 Å². The molecule has 0 fully saturated rings. The van der Waals surface area contributed by atoms with E-state index >= 15 is 0 Å². The number of thiophene rings is 1. The third-order valence-corrected chi connectivity index (χ3v) is 5.68. The van der Waals surface area contributed by atoms with Gasteiger partial charge in [0.15, 0.2) is 0 Å². The number of benzene rings is 1. The van der Waals surface area contributed by atoms with Gasteiger partial charge in [-0.05, 0) is 42.7 Å². The first-order chi connectivity index (χ1) is 10.5. The minimum Gasteiger partial charge on any atom is -0.330 e. The third-order valence-electron chi connectivity index (χ3n) is 4.42. The van der Waals surface area contributed by atoms with E-state index < -0.39 is 0 Å². The first kappa shape index (κ1) is 15.3. The Bertz CT molecular complexity index is 736. The van der Waals surface area contributed by atoms with Crippen molar-refractivity contribution < 1.29 is 4.79 Å². The Morgan fingerprint density at radius 1 is 1.41 bits per heavy atom. The summed E-state index contributed by atoms with van der Waals surface area (Å²) in [5, 5.41) is 0. The molecule has 0 aliphatic carbocycles. The SMILES string of the molecule is C=CC(=O)N1Cc2sc(Cl)cc2[C@H](c2ccccc2C)[C@H]1C. The highest BCUT2D eigenvalue weighted by Gasteiger charge is 2.36. The molecule has 3 rings (SSSR count). The lowest BCUT2D eigenvalue weighted by molar-refractivity contribution is -0.129. The molecule has 0 spiro atoms. The minimum absolute atomic E-state index is 0.0266. The topological polar surface area (TPSA) is 20.3 Å². The van der Waals surface area contributed by atoms with E-state index in [2.05, 4.69) is 44.7 Å². The number of hydrogen-bond donors (Lipinski definition) is 0. The Labute approximate surface area is 140 Å². The zero-order chi connectivity index (χ0) is 15.9. The van der Waals surface area contributed by atoms with Crippen molar-refractivity contribution in [1.29, 1.82) is 0 Å². The van der Waals surface area contributed by atoms with E-state index in [0.717, 1.165) is 4.34 Å². The average molecular weight is 332 g/mol. The van der Waals surface area contributed by atoms with Crippen LogP contribution in [0.4, 0.5) is 0 Å². The highest BCUT2D eigenvalue weighted by Crippen LogP contribution is 2.44. The normalized spacial score (nSPS) is 20.6. The number of nitrogens with zero attached hydrogens (tertiary/aromatic N) is 1. The number of hydrogen-bond acceptors (Lipinski definition) is 2. The van der Waals surface area contributed by atoms with Crippen molar-refractivity contribution in [2.75, 3.05) is 0 Å². The molecule has 0 bridgehead atoms. The number of amides is 1. The van der Waals surface area contributed by atoms with Crippen molar-refractivity contribution in [3.63, 3.8) is 0 Å². The predicted molar refractivity (Wildman–Crippen MR) is 92.6 cm³/mol. The molecule has 0 unspecified atom stereocenters. The summed E-state index contributed by atoms with van der Waals surface area (Å²) in [7, 11) is 0. The van der Waals surface area contributed by atoms with Crippen LogP contribution in [0.15, 0.2) is 43.0 Å². The third kappa shape index (κ3) is 2.49. The van der Waals surface area contributed by atoms with Crippen molar-refractivity contribution in [2.45, 2.75) is 32.4 Å². The van der Waals surface area contributed by atoms with Crippen molar-refractivity contribution in [3.8, 4) is 0 Å². The number of carbonyl (C=O) groups is 1. The molecule has 1 aromatic heterocycles. The van der Waals surface area contributed by atoms with E-state index in [9.17, 15) is 4.79 Å². The van der Waals surface area contributed by atoms with Gasteiger partial charge in [-0.1, -0.05) is 42.4 Å². The molecule has 2 aromatic rings. The number of halogens is 1. The predicted octanol–water partition coefficient (Wildman–Crippen LogP) is 4.76. The van der Waals surface area contributed by atoms with Gasteiger partial charge in [0, 0.05) is 16.8 Å². The summed E-state index contributed by atoms with van der Waals surface area (Å²) in [6.45, 7) is 8.46. The van der Waals surface area contributed by atoms with Crippen LogP contribution in [0.3, 0.4) is 0 Å². The fourth-order valence-electron chi connectivity index (χ4n) is 3.29. The summed E-state index contributed by atoms with van der Waals surface area (Å²) in [4.78, 5) is 15.3.